The fraction of sp³-hybridized carbons (Fsp3) is 0.583. The molecule has 1 aromatic rings. The highest BCUT2D eigenvalue weighted by atomic mass is 79.9. The molecule has 0 bridgehead atoms. The molecule has 0 aliphatic carbocycles. The summed E-state index contributed by atoms with van der Waals surface area (Å²) in [6, 6.07) is 0.773. The van der Waals surface area contributed by atoms with Crippen LogP contribution in [0.2, 0.25) is 0 Å². The molecule has 1 rings (SSSR count). The minimum Gasteiger partial charge on any atom is -0.475 e. The molecule has 1 atom stereocenters. The Bertz CT molecular complexity index is 566. The van der Waals surface area contributed by atoms with E-state index in [-0.39, 0.29) is 15.6 Å². The number of nitrogens with one attached hydrogen (secondary N) is 1. The Labute approximate surface area is 126 Å². The number of carboxylic acid groups (broad SMARTS) is 1. The van der Waals surface area contributed by atoms with Crippen LogP contribution in [0.4, 0.5) is 0 Å². The molecule has 6 nitrogen and oxygen atoms in total. The second-order valence-electron chi connectivity index (χ2n) is 4.57. The van der Waals surface area contributed by atoms with E-state index >= 15 is 0 Å². The summed E-state index contributed by atoms with van der Waals surface area (Å²) < 4.78 is 31.5. The van der Waals surface area contributed by atoms with Gasteiger partial charge in [-0.05, 0) is 29.3 Å². The molecule has 1 aromatic heterocycles. The maximum Gasteiger partial charge on any atom is 0.371 e. The van der Waals surface area contributed by atoms with Crippen molar-refractivity contribution in [3.05, 3.63) is 16.5 Å². The van der Waals surface area contributed by atoms with Gasteiger partial charge in [0.25, 0.3) is 0 Å². The second kappa shape index (κ2) is 7.24. The Morgan fingerprint density at radius 1 is 1.50 bits per heavy atom. The standard InChI is InChI=1S/C12H18BrNO5S/c1-3-4-5-6-8(2)14-20(17,18)10-7-9(12(15)16)19-11(10)13/h7-8,14H,3-6H2,1-2H3,(H,15,16). The quantitative estimate of drug-likeness (QED) is 0.688. The van der Waals surface area contributed by atoms with Gasteiger partial charge in [0.2, 0.25) is 15.8 Å². The third kappa shape index (κ3) is 4.60. The van der Waals surface area contributed by atoms with Crippen LogP contribution in [0.5, 0.6) is 0 Å². The van der Waals surface area contributed by atoms with E-state index in [4.69, 9.17) is 9.52 Å². The van der Waals surface area contributed by atoms with Gasteiger partial charge in [0.15, 0.2) is 4.67 Å². The van der Waals surface area contributed by atoms with Crippen LogP contribution in [0.3, 0.4) is 0 Å². The Hall–Kier alpha value is -0.860. The number of sulfonamides is 1. The average molecular weight is 368 g/mol. The maximum atomic E-state index is 12.1. The third-order valence-corrected chi connectivity index (χ3v) is 5.20. The van der Waals surface area contributed by atoms with Crippen LogP contribution in [0.15, 0.2) is 20.0 Å². The summed E-state index contributed by atoms with van der Waals surface area (Å²) in [5.74, 6) is -1.74. The number of halogens is 1. The fourth-order valence-electron chi connectivity index (χ4n) is 1.73. The number of rotatable bonds is 8. The van der Waals surface area contributed by atoms with Gasteiger partial charge in [-0.25, -0.2) is 17.9 Å². The van der Waals surface area contributed by atoms with Crippen LogP contribution in [-0.2, 0) is 10.0 Å². The highest BCUT2D eigenvalue weighted by molar-refractivity contribution is 9.10. The number of hydrogen-bond donors (Lipinski definition) is 2. The summed E-state index contributed by atoms with van der Waals surface area (Å²) in [7, 11) is -3.79. The number of unbranched alkanes of at least 4 members (excludes halogenated alkanes) is 2. The van der Waals surface area contributed by atoms with Crippen molar-refractivity contribution in [2.24, 2.45) is 0 Å². The van der Waals surface area contributed by atoms with Crippen molar-refractivity contribution in [1.82, 2.24) is 4.72 Å². The fourth-order valence-corrected chi connectivity index (χ4v) is 3.95. The van der Waals surface area contributed by atoms with Gasteiger partial charge in [-0.2, -0.15) is 0 Å². The van der Waals surface area contributed by atoms with Gasteiger partial charge in [0.1, 0.15) is 4.90 Å². The molecule has 20 heavy (non-hydrogen) atoms. The SMILES string of the molecule is CCCCCC(C)NS(=O)(=O)c1cc(C(=O)O)oc1Br. The molecule has 0 aliphatic rings. The minimum absolute atomic E-state index is 0.108. The Balaban J connectivity index is 2.81. The van der Waals surface area contributed by atoms with Crippen LogP contribution in [0.25, 0.3) is 0 Å². The lowest BCUT2D eigenvalue weighted by molar-refractivity contribution is 0.0661. The van der Waals surface area contributed by atoms with Crippen molar-refractivity contribution in [3.63, 3.8) is 0 Å². The lowest BCUT2D eigenvalue weighted by Gasteiger charge is -2.13. The van der Waals surface area contributed by atoms with Gasteiger partial charge >= 0.3 is 5.97 Å². The van der Waals surface area contributed by atoms with Crippen LogP contribution in [0, 0.1) is 0 Å². The van der Waals surface area contributed by atoms with Crippen molar-refractivity contribution in [2.45, 2.75) is 50.5 Å². The molecule has 0 spiro atoms. The topological polar surface area (TPSA) is 96.6 Å². The van der Waals surface area contributed by atoms with E-state index in [1.807, 2.05) is 0 Å². The molecular weight excluding hydrogens is 350 g/mol. The van der Waals surface area contributed by atoms with Crippen molar-refractivity contribution >= 4 is 31.9 Å². The van der Waals surface area contributed by atoms with Crippen molar-refractivity contribution < 1.29 is 22.7 Å². The first-order valence-corrected chi connectivity index (χ1v) is 8.60. The number of hydrogen-bond acceptors (Lipinski definition) is 4. The Morgan fingerprint density at radius 3 is 2.65 bits per heavy atom. The van der Waals surface area contributed by atoms with Crippen LogP contribution in [0.1, 0.15) is 50.1 Å². The van der Waals surface area contributed by atoms with Crippen LogP contribution in [-0.4, -0.2) is 25.5 Å². The lowest BCUT2D eigenvalue weighted by atomic mass is 10.1. The molecule has 0 aliphatic heterocycles. The number of carbonyl (C=O) groups is 1. The molecule has 0 amide bonds. The molecule has 0 saturated carbocycles. The van der Waals surface area contributed by atoms with E-state index in [1.165, 1.54) is 0 Å². The van der Waals surface area contributed by atoms with E-state index in [0.29, 0.717) is 0 Å². The monoisotopic (exact) mass is 367 g/mol. The minimum atomic E-state index is -3.79. The molecule has 8 heteroatoms. The summed E-state index contributed by atoms with van der Waals surface area (Å²) in [4.78, 5) is 10.6. The van der Waals surface area contributed by atoms with Crippen molar-refractivity contribution in [2.75, 3.05) is 0 Å². The zero-order valence-electron chi connectivity index (χ0n) is 11.3. The van der Waals surface area contributed by atoms with Gasteiger partial charge in [0, 0.05) is 12.1 Å². The molecule has 114 valence electrons. The molecule has 0 saturated heterocycles. The van der Waals surface area contributed by atoms with E-state index in [0.717, 1.165) is 31.7 Å². The largest absolute Gasteiger partial charge is 0.475 e. The van der Waals surface area contributed by atoms with Crippen LogP contribution >= 0.6 is 15.9 Å². The maximum absolute atomic E-state index is 12.1. The van der Waals surface area contributed by atoms with Gasteiger partial charge in [0.05, 0.1) is 0 Å². The zero-order valence-corrected chi connectivity index (χ0v) is 13.8. The zero-order chi connectivity index (χ0) is 15.3. The first-order valence-electron chi connectivity index (χ1n) is 6.33. The summed E-state index contributed by atoms with van der Waals surface area (Å²) in [5, 5.41) is 8.78. The Kier molecular flexibility index (Phi) is 6.22. The summed E-state index contributed by atoms with van der Waals surface area (Å²) in [6.45, 7) is 3.85. The number of aromatic carboxylic acids is 1. The van der Waals surface area contributed by atoms with E-state index in [1.54, 1.807) is 6.92 Å². The third-order valence-electron chi connectivity index (χ3n) is 2.75. The first-order chi connectivity index (χ1) is 9.27. The smallest absolute Gasteiger partial charge is 0.371 e. The molecule has 0 fully saturated rings. The summed E-state index contributed by atoms with van der Waals surface area (Å²) in [5.41, 5.74) is 0. The van der Waals surface area contributed by atoms with Gasteiger partial charge in [-0.1, -0.05) is 26.2 Å². The van der Waals surface area contributed by atoms with Gasteiger partial charge < -0.3 is 9.52 Å². The van der Waals surface area contributed by atoms with E-state index in [2.05, 4.69) is 27.6 Å². The lowest BCUT2D eigenvalue weighted by Crippen LogP contribution is -2.32. The number of furan rings is 1. The second-order valence-corrected chi connectivity index (χ2v) is 6.97. The molecule has 1 heterocycles. The molecule has 2 N–H and O–H groups in total. The molecular formula is C12H18BrNO5S. The normalized spacial score (nSPS) is 13.3. The van der Waals surface area contributed by atoms with E-state index in [9.17, 15) is 13.2 Å². The first kappa shape index (κ1) is 17.2. The van der Waals surface area contributed by atoms with Gasteiger partial charge in [-0.3, -0.25) is 0 Å². The summed E-state index contributed by atoms with van der Waals surface area (Å²) >= 11 is 2.93. The van der Waals surface area contributed by atoms with Crippen molar-refractivity contribution in [1.29, 1.82) is 0 Å². The predicted molar refractivity (Wildman–Crippen MR) is 77.3 cm³/mol. The van der Waals surface area contributed by atoms with E-state index < -0.39 is 21.8 Å². The molecule has 1 unspecified atom stereocenters. The summed E-state index contributed by atoms with van der Waals surface area (Å²) in [6.07, 6.45) is 3.78. The van der Waals surface area contributed by atoms with Crippen molar-refractivity contribution in [3.8, 4) is 0 Å². The average Bonchev–Trinajstić information content (AvgIpc) is 2.72. The predicted octanol–water partition coefficient (Wildman–Crippen LogP) is 2.99. The Morgan fingerprint density at radius 2 is 2.15 bits per heavy atom. The highest BCUT2D eigenvalue weighted by Gasteiger charge is 2.26. The highest BCUT2D eigenvalue weighted by Crippen LogP contribution is 2.26. The molecule has 0 radical (unpaired) electrons. The van der Waals surface area contributed by atoms with Gasteiger partial charge in [-0.15, -0.1) is 0 Å². The molecule has 0 aromatic carbocycles. The van der Waals surface area contributed by atoms with Crippen LogP contribution < -0.4 is 4.72 Å². The number of carboxylic acids is 1.